The lowest BCUT2D eigenvalue weighted by Gasteiger charge is -2.09. The lowest BCUT2D eigenvalue weighted by Crippen LogP contribution is -2.36. The quantitative estimate of drug-likeness (QED) is 0.541. The molecule has 2 aromatic carbocycles. The molecular formula is C22H24N2O3S. The Morgan fingerprint density at radius 2 is 1.79 bits per heavy atom. The van der Waals surface area contributed by atoms with E-state index in [0.717, 1.165) is 33.1 Å². The van der Waals surface area contributed by atoms with Crippen LogP contribution in [0.15, 0.2) is 66.7 Å². The summed E-state index contributed by atoms with van der Waals surface area (Å²) in [6.07, 6.45) is 0.113. The molecule has 1 atom stereocenters. The normalized spacial score (nSPS) is 11.6. The molecule has 3 aromatic rings. The fraction of sp³-hybridized carbons (Fsp3) is 0.227. The van der Waals surface area contributed by atoms with Crippen LogP contribution in [0.4, 0.5) is 4.79 Å². The molecule has 146 valence electrons. The minimum absolute atomic E-state index is 0.202. The van der Waals surface area contributed by atoms with Crippen molar-refractivity contribution in [3.05, 3.63) is 87.6 Å². The van der Waals surface area contributed by atoms with Crippen molar-refractivity contribution in [3.8, 4) is 5.75 Å². The molecule has 0 aliphatic rings. The molecule has 0 saturated heterocycles. The van der Waals surface area contributed by atoms with Gasteiger partial charge < -0.3 is 20.5 Å². The smallest absolute Gasteiger partial charge is 0.315 e. The van der Waals surface area contributed by atoms with E-state index in [-0.39, 0.29) is 6.03 Å². The SMILES string of the molecule is COc1ccc(CCNC(=O)NCc2ccc(C(O)c3ccccc3)s2)cc1. The molecule has 1 aromatic heterocycles. The van der Waals surface area contributed by atoms with Crippen LogP contribution in [0.2, 0.25) is 0 Å². The van der Waals surface area contributed by atoms with Gasteiger partial charge >= 0.3 is 6.03 Å². The molecule has 2 amide bonds. The number of aliphatic hydroxyl groups excluding tert-OH is 1. The van der Waals surface area contributed by atoms with Gasteiger partial charge in [0, 0.05) is 16.3 Å². The molecule has 0 spiro atoms. The predicted molar refractivity (Wildman–Crippen MR) is 112 cm³/mol. The number of rotatable bonds is 8. The molecule has 0 aliphatic carbocycles. The summed E-state index contributed by atoms with van der Waals surface area (Å²) in [4.78, 5) is 13.8. The van der Waals surface area contributed by atoms with Crippen molar-refractivity contribution in [2.45, 2.75) is 19.1 Å². The number of aliphatic hydroxyl groups is 1. The second-order valence-corrected chi connectivity index (χ2v) is 7.52. The Labute approximate surface area is 169 Å². The zero-order chi connectivity index (χ0) is 19.8. The molecule has 3 N–H and O–H groups in total. The fourth-order valence-corrected chi connectivity index (χ4v) is 3.75. The lowest BCUT2D eigenvalue weighted by atomic mass is 10.1. The molecule has 1 heterocycles. The van der Waals surface area contributed by atoms with Gasteiger partial charge in [-0.2, -0.15) is 0 Å². The van der Waals surface area contributed by atoms with Crippen LogP contribution in [0.1, 0.15) is 27.0 Å². The van der Waals surface area contributed by atoms with Crippen molar-refractivity contribution in [1.29, 1.82) is 0 Å². The van der Waals surface area contributed by atoms with Crippen molar-refractivity contribution in [2.75, 3.05) is 13.7 Å². The number of carbonyl (C=O) groups excluding carboxylic acids is 1. The molecular weight excluding hydrogens is 372 g/mol. The summed E-state index contributed by atoms with van der Waals surface area (Å²) in [6, 6.07) is 21.0. The second-order valence-electron chi connectivity index (χ2n) is 6.32. The van der Waals surface area contributed by atoms with Crippen LogP contribution < -0.4 is 15.4 Å². The van der Waals surface area contributed by atoms with Gasteiger partial charge in [-0.3, -0.25) is 0 Å². The summed E-state index contributed by atoms with van der Waals surface area (Å²) in [6.45, 7) is 0.987. The van der Waals surface area contributed by atoms with E-state index in [1.54, 1.807) is 7.11 Å². The zero-order valence-electron chi connectivity index (χ0n) is 15.7. The van der Waals surface area contributed by atoms with Crippen LogP contribution in [0.3, 0.4) is 0 Å². The number of carbonyl (C=O) groups is 1. The molecule has 6 heteroatoms. The first kappa shape index (κ1) is 19.9. The number of amides is 2. The van der Waals surface area contributed by atoms with Gasteiger partial charge in [0.2, 0.25) is 0 Å². The van der Waals surface area contributed by atoms with E-state index in [4.69, 9.17) is 4.74 Å². The number of nitrogens with one attached hydrogen (secondary N) is 2. The fourth-order valence-electron chi connectivity index (χ4n) is 2.78. The molecule has 0 radical (unpaired) electrons. The van der Waals surface area contributed by atoms with Gasteiger partial charge in [-0.15, -0.1) is 11.3 Å². The Bertz CT molecular complexity index is 878. The van der Waals surface area contributed by atoms with Crippen molar-refractivity contribution in [2.24, 2.45) is 0 Å². The van der Waals surface area contributed by atoms with Gasteiger partial charge in [-0.05, 0) is 41.8 Å². The van der Waals surface area contributed by atoms with Gasteiger partial charge in [0.15, 0.2) is 0 Å². The third-order valence-corrected chi connectivity index (χ3v) is 5.49. The second kappa shape index (κ2) is 9.92. The minimum atomic E-state index is -0.640. The Morgan fingerprint density at radius 1 is 1.04 bits per heavy atom. The number of methoxy groups -OCH3 is 1. The lowest BCUT2D eigenvalue weighted by molar-refractivity contribution is 0.224. The van der Waals surface area contributed by atoms with Gasteiger partial charge in [0.05, 0.1) is 13.7 Å². The molecule has 1 unspecified atom stereocenters. The molecule has 0 aliphatic heterocycles. The highest BCUT2D eigenvalue weighted by Crippen LogP contribution is 2.28. The van der Waals surface area contributed by atoms with E-state index < -0.39 is 6.10 Å². The van der Waals surface area contributed by atoms with Gasteiger partial charge in [0.1, 0.15) is 11.9 Å². The summed E-state index contributed by atoms with van der Waals surface area (Å²) in [5.41, 5.74) is 2.00. The van der Waals surface area contributed by atoms with Crippen molar-refractivity contribution in [1.82, 2.24) is 10.6 Å². The highest BCUT2D eigenvalue weighted by atomic mass is 32.1. The molecule has 3 rings (SSSR count). The first-order valence-electron chi connectivity index (χ1n) is 9.12. The monoisotopic (exact) mass is 396 g/mol. The molecule has 0 bridgehead atoms. The summed E-state index contributed by atoms with van der Waals surface area (Å²) >= 11 is 1.50. The van der Waals surface area contributed by atoms with Crippen molar-refractivity contribution >= 4 is 17.4 Å². The Kier molecular flexibility index (Phi) is 7.06. The van der Waals surface area contributed by atoms with E-state index in [1.165, 1.54) is 11.3 Å². The third kappa shape index (κ3) is 5.58. The summed E-state index contributed by atoms with van der Waals surface area (Å²) in [5, 5.41) is 16.2. The Hall–Kier alpha value is -2.83. The summed E-state index contributed by atoms with van der Waals surface area (Å²) < 4.78 is 5.13. The number of urea groups is 1. The van der Waals surface area contributed by atoms with Gasteiger partial charge in [-0.25, -0.2) is 4.79 Å². The summed E-state index contributed by atoms with van der Waals surface area (Å²) in [7, 11) is 1.64. The number of ether oxygens (including phenoxy) is 1. The molecule has 28 heavy (non-hydrogen) atoms. The first-order valence-corrected chi connectivity index (χ1v) is 9.93. The molecule has 0 saturated carbocycles. The number of benzene rings is 2. The molecule has 0 fully saturated rings. The van der Waals surface area contributed by atoms with Crippen LogP contribution in [0.25, 0.3) is 0 Å². The van der Waals surface area contributed by atoms with Crippen molar-refractivity contribution in [3.63, 3.8) is 0 Å². The van der Waals surface area contributed by atoms with E-state index in [0.29, 0.717) is 13.1 Å². The number of hydrogen-bond acceptors (Lipinski definition) is 4. The summed E-state index contributed by atoms with van der Waals surface area (Å²) in [5.74, 6) is 0.821. The van der Waals surface area contributed by atoms with E-state index >= 15 is 0 Å². The average molecular weight is 397 g/mol. The van der Waals surface area contributed by atoms with Crippen LogP contribution in [0, 0.1) is 0 Å². The van der Waals surface area contributed by atoms with Crippen LogP contribution in [-0.2, 0) is 13.0 Å². The zero-order valence-corrected chi connectivity index (χ0v) is 16.5. The Morgan fingerprint density at radius 3 is 2.50 bits per heavy atom. The van der Waals surface area contributed by atoms with Crippen molar-refractivity contribution < 1.29 is 14.6 Å². The molecule has 5 nitrogen and oxygen atoms in total. The maximum absolute atomic E-state index is 12.0. The third-order valence-electron chi connectivity index (χ3n) is 4.35. The van der Waals surface area contributed by atoms with E-state index in [2.05, 4.69) is 10.6 Å². The Balaban J connectivity index is 1.41. The topological polar surface area (TPSA) is 70.6 Å². The standard InChI is InChI=1S/C22H24N2O3S/c1-27-18-9-7-16(8-10-18)13-14-23-22(26)24-15-19-11-12-20(28-19)21(25)17-5-3-2-4-6-17/h2-12,21,25H,13-15H2,1H3,(H2,23,24,26). The average Bonchev–Trinajstić information content (AvgIpc) is 3.22. The predicted octanol–water partition coefficient (Wildman–Crippen LogP) is 3.88. The van der Waals surface area contributed by atoms with Gasteiger partial charge in [-0.1, -0.05) is 42.5 Å². The highest BCUT2D eigenvalue weighted by Gasteiger charge is 2.13. The largest absolute Gasteiger partial charge is 0.497 e. The number of thiophene rings is 1. The first-order chi connectivity index (χ1) is 13.7. The minimum Gasteiger partial charge on any atom is -0.497 e. The van der Waals surface area contributed by atoms with Crippen LogP contribution >= 0.6 is 11.3 Å². The van der Waals surface area contributed by atoms with E-state index in [1.807, 2.05) is 66.7 Å². The highest BCUT2D eigenvalue weighted by molar-refractivity contribution is 7.12. The maximum Gasteiger partial charge on any atom is 0.315 e. The van der Waals surface area contributed by atoms with Crippen LogP contribution in [-0.4, -0.2) is 24.8 Å². The van der Waals surface area contributed by atoms with E-state index in [9.17, 15) is 9.90 Å². The number of hydrogen-bond donors (Lipinski definition) is 3. The van der Waals surface area contributed by atoms with Gasteiger partial charge in [0.25, 0.3) is 0 Å². The maximum atomic E-state index is 12.0. The van der Waals surface area contributed by atoms with Crippen LogP contribution in [0.5, 0.6) is 5.75 Å².